The number of hydrogen-bond acceptors (Lipinski definition) is 1. The topological polar surface area (TPSA) is 3.24 Å². The van der Waals surface area contributed by atoms with Crippen LogP contribution in [0.15, 0.2) is 140 Å². The quantitative estimate of drug-likeness (QED) is 0.169. The standard InChI is InChI=1S/C58H59N/c1-36-25-34-46-49-48(35-37(2)51(56(6,7)8)54(49)58(11,12)53(46)50(36)55(3,4)5)59(41-30-26-39(27-31-41)38-19-14-13-15-20-38)42-32-28-40(29-33-42)43-22-18-23-45-44-21-16-17-24-47(44)57(9,10)52(43)45/h13-35H,1-12H3. The minimum atomic E-state index is -0.201. The van der Waals surface area contributed by atoms with Crippen molar-refractivity contribution in [3.05, 3.63) is 184 Å². The summed E-state index contributed by atoms with van der Waals surface area (Å²) in [6.45, 7) is 28.7. The number of anilines is 3. The van der Waals surface area contributed by atoms with Gasteiger partial charge in [0.05, 0.1) is 5.69 Å². The molecule has 296 valence electrons. The first kappa shape index (κ1) is 38.8. The lowest BCUT2D eigenvalue weighted by Gasteiger charge is -2.36. The molecule has 1 heteroatoms. The number of hydrogen-bond donors (Lipinski definition) is 0. The Morgan fingerprint density at radius 1 is 0.407 bits per heavy atom. The molecule has 2 aliphatic carbocycles. The van der Waals surface area contributed by atoms with Gasteiger partial charge in [0.15, 0.2) is 0 Å². The van der Waals surface area contributed by atoms with E-state index in [0.717, 1.165) is 11.4 Å². The van der Waals surface area contributed by atoms with Crippen LogP contribution in [-0.2, 0) is 21.7 Å². The van der Waals surface area contributed by atoms with Crippen LogP contribution in [-0.4, -0.2) is 0 Å². The van der Waals surface area contributed by atoms with Crippen LogP contribution >= 0.6 is 0 Å². The first-order valence-corrected chi connectivity index (χ1v) is 21.5. The van der Waals surface area contributed by atoms with Crippen molar-refractivity contribution < 1.29 is 0 Å². The zero-order valence-electron chi connectivity index (χ0n) is 37.2. The molecule has 9 rings (SSSR count). The van der Waals surface area contributed by atoms with E-state index < -0.39 is 0 Å². The SMILES string of the molecule is Cc1ccc2c(c1C(C)(C)C)C(C)(C)c1c-2c(N(c2ccc(-c3ccccc3)cc2)c2ccc(-c3cccc4c3C(C)(C)c3ccccc3-4)cc2)cc(C)c1C(C)(C)C. The molecule has 0 saturated heterocycles. The molecule has 0 heterocycles. The summed E-state index contributed by atoms with van der Waals surface area (Å²) in [5, 5.41) is 0. The van der Waals surface area contributed by atoms with Gasteiger partial charge in [-0.1, -0.05) is 178 Å². The molecule has 2 aliphatic rings. The van der Waals surface area contributed by atoms with E-state index in [1.807, 2.05) is 0 Å². The zero-order valence-corrected chi connectivity index (χ0v) is 37.2. The van der Waals surface area contributed by atoms with Crippen molar-refractivity contribution in [2.75, 3.05) is 4.90 Å². The van der Waals surface area contributed by atoms with Crippen LogP contribution in [0.2, 0.25) is 0 Å². The monoisotopic (exact) mass is 769 g/mol. The third-order valence-electron chi connectivity index (χ3n) is 13.4. The molecule has 0 N–H and O–H groups in total. The lowest BCUT2D eigenvalue weighted by Crippen LogP contribution is -2.28. The van der Waals surface area contributed by atoms with E-state index in [1.54, 1.807) is 0 Å². The normalized spacial score (nSPS) is 14.7. The van der Waals surface area contributed by atoms with Crippen molar-refractivity contribution >= 4 is 17.1 Å². The van der Waals surface area contributed by atoms with Crippen molar-refractivity contribution in [3.8, 4) is 44.5 Å². The van der Waals surface area contributed by atoms with E-state index in [0.29, 0.717) is 0 Å². The summed E-state index contributed by atoms with van der Waals surface area (Å²) in [6.07, 6.45) is 0. The molecule has 59 heavy (non-hydrogen) atoms. The Bertz CT molecular complexity index is 2760. The Morgan fingerprint density at radius 3 is 1.56 bits per heavy atom. The molecule has 0 bridgehead atoms. The summed E-state index contributed by atoms with van der Waals surface area (Å²) in [5.74, 6) is 0. The lowest BCUT2D eigenvalue weighted by molar-refractivity contribution is 0.532. The van der Waals surface area contributed by atoms with Crippen LogP contribution in [0, 0.1) is 13.8 Å². The predicted octanol–water partition coefficient (Wildman–Crippen LogP) is 16.3. The first-order valence-electron chi connectivity index (χ1n) is 21.5. The summed E-state index contributed by atoms with van der Waals surface area (Å²) in [5.41, 5.74) is 25.0. The number of fused-ring (bicyclic) bond motifs is 6. The van der Waals surface area contributed by atoms with Crippen molar-refractivity contribution in [1.29, 1.82) is 0 Å². The van der Waals surface area contributed by atoms with Gasteiger partial charge in [0.2, 0.25) is 0 Å². The highest BCUT2D eigenvalue weighted by atomic mass is 15.1. The van der Waals surface area contributed by atoms with Gasteiger partial charge >= 0.3 is 0 Å². The molecule has 0 amide bonds. The van der Waals surface area contributed by atoms with E-state index in [-0.39, 0.29) is 21.7 Å². The molecule has 0 aromatic heterocycles. The highest BCUT2D eigenvalue weighted by Gasteiger charge is 2.46. The highest BCUT2D eigenvalue weighted by Crippen LogP contribution is 2.60. The Kier molecular flexibility index (Phi) is 8.84. The van der Waals surface area contributed by atoms with Crippen LogP contribution < -0.4 is 4.90 Å². The number of aryl methyl sites for hydroxylation is 2. The summed E-state index contributed by atoms with van der Waals surface area (Å²) in [7, 11) is 0. The van der Waals surface area contributed by atoms with Gasteiger partial charge in [0.25, 0.3) is 0 Å². The maximum absolute atomic E-state index is 2.54. The third kappa shape index (κ3) is 6.03. The molecule has 0 fully saturated rings. The largest absolute Gasteiger partial charge is 0.310 e. The lowest BCUT2D eigenvalue weighted by atomic mass is 9.68. The van der Waals surface area contributed by atoms with E-state index in [9.17, 15) is 0 Å². The fourth-order valence-corrected chi connectivity index (χ4v) is 11.2. The molecular formula is C58H59N. The third-order valence-corrected chi connectivity index (χ3v) is 13.4. The van der Waals surface area contributed by atoms with Gasteiger partial charge in [-0.3, -0.25) is 0 Å². The second-order valence-corrected chi connectivity index (χ2v) is 20.3. The van der Waals surface area contributed by atoms with Gasteiger partial charge in [-0.05, 0) is 138 Å². The highest BCUT2D eigenvalue weighted by molar-refractivity contribution is 5.98. The van der Waals surface area contributed by atoms with Crippen LogP contribution in [0.4, 0.5) is 17.1 Å². The van der Waals surface area contributed by atoms with Gasteiger partial charge < -0.3 is 4.90 Å². The smallest absolute Gasteiger partial charge is 0.0546 e. The molecule has 0 saturated carbocycles. The van der Waals surface area contributed by atoms with Crippen molar-refractivity contribution in [2.24, 2.45) is 0 Å². The van der Waals surface area contributed by atoms with Gasteiger partial charge in [0.1, 0.15) is 0 Å². The minimum absolute atomic E-state index is 0.0117. The molecule has 0 spiro atoms. The van der Waals surface area contributed by atoms with Crippen LogP contribution in [0.3, 0.4) is 0 Å². The van der Waals surface area contributed by atoms with Gasteiger partial charge in [-0.25, -0.2) is 0 Å². The summed E-state index contributed by atoms with van der Waals surface area (Å²) < 4.78 is 0. The second-order valence-electron chi connectivity index (χ2n) is 20.3. The van der Waals surface area contributed by atoms with Crippen LogP contribution in [0.5, 0.6) is 0 Å². The number of rotatable bonds is 5. The van der Waals surface area contributed by atoms with Gasteiger partial charge in [0, 0.05) is 27.8 Å². The maximum atomic E-state index is 2.54. The molecular weight excluding hydrogens is 711 g/mol. The van der Waals surface area contributed by atoms with E-state index in [4.69, 9.17) is 0 Å². The van der Waals surface area contributed by atoms with Gasteiger partial charge in [-0.2, -0.15) is 0 Å². The Hall–Kier alpha value is -5.66. The molecule has 7 aromatic rings. The van der Waals surface area contributed by atoms with Crippen LogP contribution in [0.25, 0.3) is 44.5 Å². The summed E-state index contributed by atoms with van der Waals surface area (Å²) in [4.78, 5) is 2.54. The number of nitrogens with zero attached hydrogens (tertiary/aromatic N) is 1. The molecule has 7 aromatic carbocycles. The fraction of sp³-hybridized carbons (Fsp3) is 0.276. The molecule has 0 unspecified atom stereocenters. The average Bonchev–Trinajstić information content (AvgIpc) is 3.57. The second kappa shape index (κ2) is 13.4. The van der Waals surface area contributed by atoms with Crippen molar-refractivity contribution in [1.82, 2.24) is 0 Å². The van der Waals surface area contributed by atoms with E-state index in [2.05, 4.69) is 228 Å². The number of benzene rings is 7. The average molecular weight is 770 g/mol. The summed E-state index contributed by atoms with van der Waals surface area (Å²) in [6, 6.07) is 52.4. The predicted molar refractivity (Wildman–Crippen MR) is 254 cm³/mol. The van der Waals surface area contributed by atoms with E-state index in [1.165, 1.54) is 94.7 Å². The summed E-state index contributed by atoms with van der Waals surface area (Å²) >= 11 is 0. The zero-order chi connectivity index (χ0) is 41.8. The molecule has 0 radical (unpaired) electrons. The molecule has 0 atom stereocenters. The minimum Gasteiger partial charge on any atom is -0.310 e. The van der Waals surface area contributed by atoms with Crippen molar-refractivity contribution in [3.63, 3.8) is 0 Å². The van der Waals surface area contributed by atoms with E-state index >= 15 is 0 Å². The van der Waals surface area contributed by atoms with Crippen LogP contribution in [0.1, 0.15) is 114 Å². The maximum Gasteiger partial charge on any atom is 0.0546 e. The van der Waals surface area contributed by atoms with Crippen molar-refractivity contribution in [2.45, 2.75) is 105 Å². The Labute approximate surface area is 353 Å². The first-order chi connectivity index (χ1) is 27.9. The van der Waals surface area contributed by atoms with Gasteiger partial charge in [-0.15, -0.1) is 0 Å². The fourth-order valence-electron chi connectivity index (χ4n) is 11.2. The Balaban J connectivity index is 1.29. The molecule has 0 aliphatic heterocycles. The Morgan fingerprint density at radius 2 is 0.932 bits per heavy atom. The molecule has 1 nitrogen and oxygen atoms in total.